The summed E-state index contributed by atoms with van der Waals surface area (Å²) in [6, 6.07) is 26.1. The lowest BCUT2D eigenvalue weighted by molar-refractivity contribution is 0.0941. The van der Waals surface area contributed by atoms with Crippen LogP contribution in [0.5, 0.6) is 0 Å². The monoisotopic (exact) mass is 368 g/mol. The molecule has 0 spiro atoms. The summed E-state index contributed by atoms with van der Waals surface area (Å²) in [5, 5.41) is 4.11. The predicted molar refractivity (Wildman–Crippen MR) is 111 cm³/mol. The van der Waals surface area contributed by atoms with E-state index < -0.39 is 0 Å². The van der Waals surface area contributed by atoms with Crippen LogP contribution in [0.3, 0.4) is 0 Å². The number of nitrogens with zero attached hydrogens (tertiary/aromatic N) is 1. The average molecular weight is 368 g/mol. The molecule has 4 rings (SSSR count). The quantitative estimate of drug-likeness (QED) is 0.516. The number of nitrogens with one attached hydrogen (secondary N) is 1. The number of carbonyl (C=O) groups excluding carboxylic acids is 2. The minimum atomic E-state index is -0.239. The largest absolute Gasteiger partial charge is 0.350 e. The van der Waals surface area contributed by atoms with Crippen LogP contribution in [0.2, 0.25) is 0 Å². The number of rotatable bonds is 6. The molecule has 4 aromatic rings. The standard InChI is InChI=1S/C24H20N2O2/c27-23(19-9-2-1-3-10-19)20-11-5-6-12-21(20)24(28)25-15-17-26-16-14-18-8-4-7-13-22(18)26/h1-14,16H,15,17H2,(H,25,28). The van der Waals surface area contributed by atoms with Crippen LogP contribution in [-0.4, -0.2) is 22.8 Å². The van der Waals surface area contributed by atoms with Gasteiger partial charge in [-0.1, -0.05) is 66.7 Å². The molecule has 0 saturated heterocycles. The molecule has 28 heavy (non-hydrogen) atoms. The van der Waals surface area contributed by atoms with E-state index in [1.54, 1.807) is 36.4 Å². The summed E-state index contributed by atoms with van der Waals surface area (Å²) in [4.78, 5) is 25.5. The highest BCUT2D eigenvalue weighted by molar-refractivity contribution is 6.15. The molecule has 0 radical (unpaired) electrons. The molecule has 4 heteroatoms. The number of hydrogen-bond donors (Lipinski definition) is 1. The van der Waals surface area contributed by atoms with Crippen molar-refractivity contribution in [2.45, 2.75) is 6.54 Å². The molecule has 0 atom stereocenters. The molecule has 0 aliphatic rings. The summed E-state index contributed by atoms with van der Waals surface area (Å²) >= 11 is 0. The van der Waals surface area contributed by atoms with E-state index in [0.29, 0.717) is 29.8 Å². The maximum absolute atomic E-state index is 12.8. The molecule has 1 N–H and O–H groups in total. The van der Waals surface area contributed by atoms with Crippen molar-refractivity contribution < 1.29 is 9.59 Å². The molecule has 0 aliphatic heterocycles. The lowest BCUT2D eigenvalue weighted by Crippen LogP contribution is -2.28. The van der Waals surface area contributed by atoms with Gasteiger partial charge in [0.15, 0.2) is 5.78 Å². The molecule has 1 amide bonds. The first-order valence-electron chi connectivity index (χ1n) is 9.25. The Kier molecular flexibility index (Phi) is 5.02. The Morgan fingerprint density at radius 2 is 1.43 bits per heavy atom. The van der Waals surface area contributed by atoms with Crippen molar-refractivity contribution in [1.29, 1.82) is 0 Å². The van der Waals surface area contributed by atoms with Gasteiger partial charge in [0, 0.05) is 35.9 Å². The van der Waals surface area contributed by atoms with Gasteiger partial charge < -0.3 is 9.88 Å². The first kappa shape index (κ1) is 17.7. The molecule has 1 aromatic heterocycles. The van der Waals surface area contributed by atoms with Gasteiger partial charge in [-0.3, -0.25) is 9.59 Å². The van der Waals surface area contributed by atoms with Crippen molar-refractivity contribution in [2.24, 2.45) is 0 Å². The molecule has 3 aromatic carbocycles. The molecule has 0 unspecified atom stereocenters. The number of fused-ring (bicyclic) bond motifs is 1. The highest BCUT2D eigenvalue weighted by Gasteiger charge is 2.17. The fourth-order valence-electron chi connectivity index (χ4n) is 3.34. The van der Waals surface area contributed by atoms with Crippen molar-refractivity contribution >= 4 is 22.6 Å². The Balaban J connectivity index is 1.47. The van der Waals surface area contributed by atoms with E-state index in [1.807, 2.05) is 36.5 Å². The van der Waals surface area contributed by atoms with E-state index in [1.165, 1.54) is 5.39 Å². The van der Waals surface area contributed by atoms with Crippen LogP contribution in [0.25, 0.3) is 10.9 Å². The van der Waals surface area contributed by atoms with Crippen molar-refractivity contribution in [3.05, 3.63) is 108 Å². The second kappa shape index (κ2) is 7.92. The molecule has 0 saturated carbocycles. The number of hydrogen-bond acceptors (Lipinski definition) is 2. The number of aromatic nitrogens is 1. The molecule has 0 aliphatic carbocycles. The van der Waals surface area contributed by atoms with Crippen molar-refractivity contribution in [2.75, 3.05) is 6.54 Å². The van der Waals surface area contributed by atoms with Crippen LogP contribution in [0.15, 0.2) is 91.1 Å². The van der Waals surface area contributed by atoms with E-state index in [-0.39, 0.29) is 11.7 Å². The minimum Gasteiger partial charge on any atom is -0.350 e. The van der Waals surface area contributed by atoms with E-state index >= 15 is 0 Å². The second-order valence-corrected chi connectivity index (χ2v) is 6.56. The molecular formula is C24H20N2O2. The first-order chi connectivity index (χ1) is 13.7. The molecular weight excluding hydrogens is 348 g/mol. The van der Waals surface area contributed by atoms with Gasteiger partial charge in [0.2, 0.25) is 0 Å². The van der Waals surface area contributed by atoms with E-state index in [9.17, 15) is 9.59 Å². The highest BCUT2D eigenvalue weighted by atomic mass is 16.2. The third kappa shape index (κ3) is 3.58. The maximum Gasteiger partial charge on any atom is 0.252 e. The summed E-state index contributed by atoms with van der Waals surface area (Å²) in [6.45, 7) is 1.14. The lowest BCUT2D eigenvalue weighted by atomic mass is 9.98. The zero-order valence-electron chi connectivity index (χ0n) is 15.3. The Bertz CT molecular complexity index is 1130. The van der Waals surface area contributed by atoms with Crippen molar-refractivity contribution in [1.82, 2.24) is 9.88 Å². The summed E-state index contributed by atoms with van der Waals surface area (Å²) in [6.07, 6.45) is 2.02. The molecule has 138 valence electrons. The van der Waals surface area contributed by atoms with E-state index in [0.717, 1.165) is 5.52 Å². The van der Waals surface area contributed by atoms with Crippen LogP contribution in [-0.2, 0) is 6.54 Å². The van der Waals surface area contributed by atoms with Gasteiger partial charge in [0.05, 0.1) is 5.56 Å². The highest BCUT2D eigenvalue weighted by Crippen LogP contribution is 2.16. The summed E-state index contributed by atoms with van der Waals surface area (Å²) in [7, 11) is 0. The van der Waals surface area contributed by atoms with Crippen LogP contribution in [0.1, 0.15) is 26.3 Å². The number of amides is 1. The van der Waals surface area contributed by atoms with Gasteiger partial charge in [-0.15, -0.1) is 0 Å². The van der Waals surface area contributed by atoms with Crippen LogP contribution >= 0.6 is 0 Å². The zero-order valence-corrected chi connectivity index (χ0v) is 15.3. The third-order valence-corrected chi connectivity index (χ3v) is 4.77. The predicted octanol–water partition coefficient (Wildman–Crippen LogP) is 4.30. The third-order valence-electron chi connectivity index (χ3n) is 4.77. The number of ketones is 1. The number of benzene rings is 3. The Labute approximate surface area is 163 Å². The van der Waals surface area contributed by atoms with Crippen LogP contribution < -0.4 is 5.32 Å². The zero-order chi connectivity index (χ0) is 19.3. The Morgan fingerprint density at radius 1 is 0.750 bits per heavy atom. The van der Waals surface area contributed by atoms with E-state index in [4.69, 9.17) is 0 Å². The average Bonchev–Trinajstić information content (AvgIpc) is 3.17. The summed E-state index contributed by atoms with van der Waals surface area (Å²) in [5.74, 6) is -0.390. The van der Waals surface area contributed by atoms with Gasteiger partial charge >= 0.3 is 0 Å². The van der Waals surface area contributed by atoms with Crippen molar-refractivity contribution in [3.63, 3.8) is 0 Å². The van der Waals surface area contributed by atoms with Crippen LogP contribution in [0.4, 0.5) is 0 Å². The first-order valence-corrected chi connectivity index (χ1v) is 9.25. The maximum atomic E-state index is 12.8. The van der Waals surface area contributed by atoms with Gasteiger partial charge in [-0.2, -0.15) is 0 Å². The Hall–Kier alpha value is -3.66. The lowest BCUT2D eigenvalue weighted by Gasteiger charge is -2.11. The topological polar surface area (TPSA) is 51.1 Å². The number of carbonyl (C=O) groups is 2. The molecule has 1 heterocycles. The Morgan fingerprint density at radius 3 is 2.25 bits per heavy atom. The van der Waals surface area contributed by atoms with Gasteiger partial charge in [0.1, 0.15) is 0 Å². The number of para-hydroxylation sites is 1. The van der Waals surface area contributed by atoms with Gasteiger partial charge in [0.25, 0.3) is 5.91 Å². The fourth-order valence-corrected chi connectivity index (χ4v) is 3.34. The fraction of sp³-hybridized carbons (Fsp3) is 0.0833. The van der Waals surface area contributed by atoms with Gasteiger partial charge in [-0.05, 0) is 23.6 Å². The van der Waals surface area contributed by atoms with Crippen LogP contribution in [0, 0.1) is 0 Å². The van der Waals surface area contributed by atoms with E-state index in [2.05, 4.69) is 28.1 Å². The summed E-state index contributed by atoms with van der Waals surface area (Å²) in [5.41, 5.74) is 2.52. The SMILES string of the molecule is O=C(NCCn1ccc2ccccc21)c1ccccc1C(=O)c1ccccc1. The van der Waals surface area contributed by atoms with Crippen molar-refractivity contribution in [3.8, 4) is 0 Å². The second-order valence-electron chi connectivity index (χ2n) is 6.56. The molecule has 0 fully saturated rings. The minimum absolute atomic E-state index is 0.150. The normalized spacial score (nSPS) is 10.7. The van der Waals surface area contributed by atoms with Gasteiger partial charge in [-0.25, -0.2) is 0 Å². The molecule has 4 nitrogen and oxygen atoms in total. The summed E-state index contributed by atoms with van der Waals surface area (Å²) < 4.78 is 2.11. The molecule has 0 bridgehead atoms. The smallest absolute Gasteiger partial charge is 0.252 e.